The van der Waals surface area contributed by atoms with Gasteiger partial charge in [0.1, 0.15) is 23.8 Å². The first-order valence-corrected chi connectivity index (χ1v) is 9.40. The molecule has 3 heterocycles. The standard InChI is InChI=1S/C21H22FN7/c1-5-17-20(15-6-8-16(22)9-7-15)27-28(4)21(17)25-18-11-19(24-12-23-18)29-14(3)10-13(2)26-29/h6-12H,5H2,1-4H3,(H,23,24,25). The summed E-state index contributed by atoms with van der Waals surface area (Å²) >= 11 is 0. The van der Waals surface area contributed by atoms with Crippen molar-refractivity contribution >= 4 is 11.6 Å². The Balaban J connectivity index is 1.71. The molecule has 29 heavy (non-hydrogen) atoms. The molecule has 0 aliphatic rings. The molecule has 0 bridgehead atoms. The summed E-state index contributed by atoms with van der Waals surface area (Å²) < 4.78 is 16.9. The molecule has 4 aromatic rings. The number of hydrogen-bond donors (Lipinski definition) is 1. The van der Waals surface area contributed by atoms with Crippen molar-refractivity contribution in [3.05, 3.63) is 65.5 Å². The topological polar surface area (TPSA) is 73.5 Å². The number of aryl methyl sites for hydroxylation is 3. The van der Waals surface area contributed by atoms with Crippen molar-refractivity contribution in [1.29, 1.82) is 0 Å². The van der Waals surface area contributed by atoms with Gasteiger partial charge in [-0.05, 0) is 50.6 Å². The molecule has 1 N–H and O–H groups in total. The van der Waals surface area contributed by atoms with Crippen LogP contribution >= 0.6 is 0 Å². The third-order valence-corrected chi connectivity index (χ3v) is 4.74. The Morgan fingerprint density at radius 2 is 1.79 bits per heavy atom. The first kappa shape index (κ1) is 18.8. The van der Waals surface area contributed by atoms with E-state index in [2.05, 4.69) is 32.4 Å². The summed E-state index contributed by atoms with van der Waals surface area (Å²) in [7, 11) is 1.87. The van der Waals surface area contributed by atoms with Crippen LogP contribution in [0.2, 0.25) is 0 Å². The number of aromatic nitrogens is 6. The Labute approximate surface area is 168 Å². The van der Waals surface area contributed by atoms with Crippen LogP contribution in [0.4, 0.5) is 16.0 Å². The minimum atomic E-state index is -0.265. The summed E-state index contributed by atoms with van der Waals surface area (Å²) in [6.07, 6.45) is 2.27. The Morgan fingerprint density at radius 3 is 2.45 bits per heavy atom. The molecule has 0 aliphatic heterocycles. The van der Waals surface area contributed by atoms with Gasteiger partial charge in [0.05, 0.1) is 11.4 Å². The lowest BCUT2D eigenvalue weighted by Crippen LogP contribution is -2.06. The second-order valence-corrected chi connectivity index (χ2v) is 6.89. The van der Waals surface area contributed by atoms with Crippen molar-refractivity contribution in [3.63, 3.8) is 0 Å². The van der Waals surface area contributed by atoms with Crippen molar-refractivity contribution < 1.29 is 4.39 Å². The van der Waals surface area contributed by atoms with Crippen molar-refractivity contribution in [3.8, 4) is 17.1 Å². The monoisotopic (exact) mass is 391 g/mol. The molecule has 0 unspecified atom stereocenters. The molecule has 148 valence electrons. The highest BCUT2D eigenvalue weighted by atomic mass is 19.1. The number of hydrogen-bond acceptors (Lipinski definition) is 5. The van der Waals surface area contributed by atoms with Gasteiger partial charge in [-0.25, -0.2) is 19.0 Å². The van der Waals surface area contributed by atoms with E-state index in [1.54, 1.807) is 21.5 Å². The minimum Gasteiger partial charge on any atom is -0.325 e. The van der Waals surface area contributed by atoms with Gasteiger partial charge in [-0.1, -0.05) is 6.92 Å². The van der Waals surface area contributed by atoms with Gasteiger partial charge in [-0.15, -0.1) is 0 Å². The van der Waals surface area contributed by atoms with E-state index in [0.29, 0.717) is 11.6 Å². The van der Waals surface area contributed by atoms with Gasteiger partial charge < -0.3 is 5.32 Å². The summed E-state index contributed by atoms with van der Waals surface area (Å²) in [6.45, 7) is 6.00. The number of nitrogens with zero attached hydrogens (tertiary/aromatic N) is 6. The molecule has 0 radical (unpaired) electrons. The summed E-state index contributed by atoms with van der Waals surface area (Å²) in [6, 6.07) is 10.2. The quantitative estimate of drug-likeness (QED) is 0.554. The Hall–Kier alpha value is -3.55. The molecular weight excluding hydrogens is 369 g/mol. The summed E-state index contributed by atoms with van der Waals surface area (Å²) in [5.41, 5.74) is 4.66. The van der Waals surface area contributed by atoms with Crippen molar-refractivity contribution in [2.24, 2.45) is 7.05 Å². The lowest BCUT2D eigenvalue weighted by Gasteiger charge is -2.10. The van der Waals surface area contributed by atoms with Gasteiger partial charge >= 0.3 is 0 Å². The summed E-state index contributed by atoms with van der Waals surface area (Å²) in [5.74, 6) is 1.90. The maximum absolute atomic E-state index is 13.3. The Bertz CT molecular complexity index is 1160. The van der Waals surface area contributed by atoms with Crippen LogP contribution in [-0.4, -0.2) is 29.5 Å². The fraction of sp³-hybridized carbons (Fsp3) is 0.238. The van der Waals surface area contributed by atoms with E-state index in [9.17, 15) is 4.39 Å². The number of nitrogens with one attached hydrogen (secondary N) is 1. The van der Waals surface area contributed by atoms with E-state index < -0.39 is 0 Å². The van der Waals surface area contributed by atoms with Crippen LogP contribution in [0.5, 0.6) is 0 Å². The Kier molecular flexibility index (Phi) is 4.84. The zero-order chi connectivity index (χ0) is 20.5. The second-order valence-electron chi connectivity index (χ2n) is 6.89. The highest BCUT2D eigenvalue weighted by molar-refractivity contribution is 5.71. The molecule has 0 spiro atoms. The van der Waals surface area contributed by atoms with Crippen LogP contribution in [0.3, 0.4) is 0 Å². The molecule has 4 rings (SSSR count). The number of halogens is 1. The van der Waals surface area contributed by atoms with Crippen LogP contribution in [-0.2, 0) is 13.5 Å². The van der Waals surface area contributed by atoms with Crippen molar-refractivity contribution in [2.45, 2.75) is 27.2 Å². The second kappa shape index (κ2) is 7.46. The third kappa shape index (κ3) is 3.61. The molecule has 7 nitrogen and oxygen atoms in total. The normalized spacial score (nSPS) is 11.1. The van der Waals surface area contributed by atoms with Crippen LogP contribution in [0.1, 0.15) is 23.9 Å². The summed E-state index contributed by atoms with van der Waals surface area (Å²) in [5, 5.41) is 12.5. The smallest absolute Gasteiger partial charge is 0.159 e. The molecule has 8 heteroatoms. The molecular formula is C21H22FN7. The highest BCUT2D eigenvalue weighted by Crippen LogP contribution is 2.30. The minimum absolute atomic E-state index is 0.265. The fourth-order valence-corrected chi connectivity index (χ4v) is 3.41. The molecule has 0 saturated heterocycles. The molecule has 1 aromatic carbocycles. The number of anilines is 2. The molecule has 0 aliphatic carbocycles. The predicted molar refractivity (Wildman–Crippen MR) is 110 cm³/mol. The molecule has 0 fully saturated rings. The van der Waals surface area contributed by atoms with E-state index in [1.807, 2.05) is 33.0 Å². The van der Waals surface area contributed by atoms with Gasteiger partial charge in [0.15, 0.2) is 5.82 Å². The predicted octanol–water partition coefficient (Wildman–Crippen LogP) is 4.12. The Morgan fingerprint density at radius 1 is 1.03 bits per heavy atom. The lowest BCUT2D eigenvalue weighted by atomic mass is 10.1. The van der Waals surface area contributed by atoms with Gasteiger partial charge in [0.2, 0.25) is 0 Å². The SMILES string of the molecule is CCc1c(-c2ccc(F)cc2)nn(C)c1Nc1cc(-n2nc(C)cc2C)ncn1. The average molecular weight is 391 g/mol. The van der Waals surface area contributed by atoms with Crippen LogP contribution in [0.25, 0.3) is 17.1 Å². The van der Waals surface area contributed by atoms with Gasteiger partial charge in [-0.3, -0.25) is 4.68 Å². The first-order chi connectivity index (χ1) is 14.0. The highest BCUT2D eigenvalue weighted by Gasteiger charge is 2.17. The van der Waals surface area contributed by atoms with Crippen LogP contribution in [0, 0.1) is 19.7 Å². The zero-order valence-electron chi connectivity index (χ0n) is 16.8. The molecule has 0 saturated carbocycles. The maximum atomic E-state index is 13.3. The van der Waals surface area contributed by atoms with E-state index in [0.717, 1.165) is 40.4 Å². The lowest BCUT2D eigenvalue weighted by molar-refractivity contribution is 0.628. The number of benzene rings is 1. The first-order valence-electron chi connectivity index (χ1n) is 9.40. The van der Waals surface area contributed by atoms with Gasteiger partial charge in [-0.2, -0.15) is 10.2 Å². The number of rotatable bonds is 5. The van der Waals surface area contributed by atoms with Gasteiger partial charge in [0, 0.05) is 29.9 Å². The van der Waals surface area contributed by atoms with E-state index >= 15 is 0 Å². The van der Waals surface area contributed by atoms with Crippen molar-refractivity contribution in [1.82, 2.24) is 29.5 Å². The molecule has 3 aromatic heterocycles. The van der Waals surface area contributed by atoms with Crippen molar-refractivity contribution in [2.75, 3.05) is 5.32 Å². The van der Waals surface area contributed by atoms with Gasteiger partial charge in [0.25, 0.3) is 0 Å². The van der Waals surface area contributed by atoms with E-state index in [1.165, 1.54) is 18.5 Å². The average Bonchev–Trinajstić information content (AvgIpc) is 3.21. The fourth-order valence-electron chi connectivity index (χ4n) is 3.41. The molecule has 0 amide bonds. The van der Waals surface area contributed by atoms with E-state index in [-0.39, 0.29) is 5.82 Å². The largest absolute Gasteiger partial charge is 0.325 e. The van der Waals surface area contributed by atoms with E-state index in [4.69, 9.17) is 0 Å². The van der Waals surface area contributed by atoms with Crippen LogP contribution in [0.15, 0.2) is 42.7 Å². The maximum Gasteiger partial charge on any atom is 0.159 e. The van der Waals surface area contributed by atoms with Crippen LogP contribution < -0.4 is 5.32 Å². The summed E-state index contributed by atoms with van der Waals surface area (Å²) in [4.78, 5) is 8.70. The zero-order valence-corrected chi connectivity index (χ0v) is 16.8. The molecule has 0 atom stereocenters. The third-order valence-electron chi connectivity index (χ3n) is 4.74.